The van der Waals surface area contributed by atoms with E-state index in [4.69, 9.17) is 0 Å². The number of hydrogen-bond acceptors (Lipinski definition) is 4. The average molecular weight is 524 g/mol. The lowest BCUT2D eigenvalue weighted by molar-refractivity contribution is -0.137. The summed E-state index contributed by atoms with van der Waals surface area (Å²) in [6.07, 6.45) is 1.27. The molecule has 2 aliphatic rings. The van der Waals surface area contributed by atoms with Crippen molar-refractivity contribution in [3.63, 3.8) is 0 Å². The van der Waals surface area contributed by atoms with Crippen LogP contribution in [0.5, 0.6) is 0 Å². The van der Waals surface area contributed by atoms with E-state index in [1.54, 1.807) is 4.31 Å². The van der Waals surface area contributed by atoms with Gasteiger partial charge in [0.15, 0.2) is 0 Å². The van der Waals surface area contributed by atoms with Crippen molar-refractivity contribution in [1.29, 1.82) is 0 Å². The predicted molar refractivity (Wildman–Crippen MR) is 135 cm³/mol. The first-order chi connectivity index (χ1) is 17.2. The van der Waals surface area contributed by atoms with E-state index in [1.165, 1.54) is 5.56 Å². The summed E-state index contributed by atoms with van der Waals surface area (Å²) in [5.74, 6) is 0. The number of halogens is 3. The molecule has 0 aromatic heterocycles. The van der Waals surface area contributed by atoms with Crippen molar-refractivity contribution in [1.82, 2.24) is 14.1 Å². The summed E-state index contributed by atoms with van der Waals surface area (Å²) in [5.41, 5.74) is 0.483. The minimum atomic E-state index is -4.49. The van der Waals surface area contributed by atoms with E-state index in [0.29, 0.717) is 13.1 Å². The summed E-state index contributed by atoms with van der Waals surface area (Å²) in [5, 5.41) is 0. The number of likely N-dealkylation sites (tertiary alicyclic amines) is 2. The highest BCUT2D eigenvalue weighted by molar-refractivity contribution is 7.89. The molecule has 4 rings (SSSR count). The largest absolute Gasteiger partial charge is 0.416 e. The molecule has 0 N–H and O–H groups in total. The van der Waals surface area contributed by atoms with Gasteiger partial charge in [0, 0.05) is 19.1 Å². The third-order valence-corrected chi connectivity index (χ3v) is 9.34. The third kappa shape index (κ3) is 7.09. The van der Waals surface area contributed by atoms with Crippen LogP contribution in [0.3, 0.4) is 0 Å². The lowest BCUT2D eigenvalue weighted by Crippen LogP contribution is -2.49. The molecule has 0 amide bonds. The Kier molecular flexibility index (Phi) is 9.09. The molecule has 9 heteroatoms. The second kappa shape index (κ2) is 12.1. The van der Waals surface area contributed by atoms with Gasteiger partial charge in [0.2, 0.25) is 10.0 Å². The Hall–Kier alpha value is -1.94. The number of sulfonamides is 1. The highest BCUT2D eigenvalue weighted by atomic mass is 32.2. The van der Waals surface area contributed by atoms with E-state index in [1.807, 2.05) is 6.07 Å². The Balaban J connectivity index is 1.40. The molecule has 2 heterocycles. The normalized spacial score (nSPS) is 18.8. The maximum atomic E-state index is 13.6. The Labute approximate surface area is 212 Å². The van der Waals surface area contributed by atoms with Gasteiger partial charge in [-0.05, 0) is 101 Å². The molecular formula is C27H36F3N3O2S. The molecule has 0 radical (unpaired) electrons. The number of benzene rings is 2. The van der Waals surface area contributed by atoms with Gasteiger partial charge in [-0.15, -0.1) is 0 Å². The number of rotatable bonds is 10. The molecule has 2 aromatic rings. The van der Waals surface area contributed by atoms with Crippen LogP contribution in [0.15, 0.2) is 59.5 Å². The number of aryl methyl sites for hydroxylation is 1. The smallest absolute Gasteiger partial charge is 0.303 e. The number of alkyl halides is 3. The molecule has 0 atom stereocenters. The standard InChI is InChI=1S/C27H36F3N3O2S/c28-27(29,30)24-10-12-26(13-11-24)36(34,35)33(22-21-31-16-4-5-17-31)25-14-19-32(20-15-25)18-6-9-23-7-2-1-3-8-23/h1-3,7-8,10-13,25H,4-6,9,14-22H2. The van der Waals surface area contributed by atoms with Gasteiger partial charge in [-0.25, -0.2) is 8.42 Å². The van der Waals surface area contributed by atoms with Crippen LogP contribution in [0, 0.1) is 0 Å². The van der Waals surface area contributed by atoms with Crippen LogP contribution in [0.4, 0.5) is 13.2 Å². The molecule has 2 saturated heterocycles. The van der Waals surface area contributed by atoms with Gasteiger partial charge in [-0.1, -0.05) is 30.3 Å². The van der Waals surface area contributed by atoms with Crippen LogP contribution in [-0.4, -0.2) is 74.4 Å². The molecular weight excluding hydrogens is 487 g/mol. The zero-order valence-corrected chi connectivity index (χ0v) is 21.5. The van der Waals surface area contributed by atoms with Crippen LogP contribution < -0.4 is 0 Å². The van der Waals surface area contributed by atoms with Crippen LogP contribution in [0.1, 0.15) is 43.2 Å². The van der Waals surface area contributed by atoms with Crippen molar-refractivity contribution in [2.45, 2.75) is 55.6 Å². The highest BCUT2D eigenvalue weighted by Gasteiger charge is 2.35. The van der Waals surface area contributed by atoms with Gasteiger partial charge in [0.25, 0.3) is 0 Å². The van der Waals surface area contributed by atoms with E-state index in [9.17, 15) is 21.6 Å². The molecule has 0 aliphatic carbocycles. The molecule has 2 aliphatic heterocycles. The quantitative estimate of drug-likeness (QED) is 0.445. The molecule has 5 nitrogen and oxygen atoms in total. The topological polar surface area (TPSA) is 43.9 Å². The fraction of sp³-hybridized carbons (Fsp3) is 0.556. The van der Waals surface area contributed by atoms with Crippen molar-refractivity contribution in [2.75, 3.05) is 45.8 Å². The zero-order chi connectivity index (χ0) is 25.6. The van der Waals surface area contributed by atoms with Crippen molar-refractivity contribution < 1.29 is 21.6 Å². The van der Waals surface area contributed by atoms with Gasteiger partial charge in [0.05, 0.1) is 10.5 Å². The van der Waals surface area contributed by atoms with E-state index in [0.717, 1.165) is 95.5 Å². The molecule has 0 saturated carbocycles. The zero-order valence-electron chi connectivity index (χ0n) is 20.7. The molecule has 198 valence electrons. The molecule has 2 fully saturated rings. The van der Waals surface area contributed by atoms with Crippen LogP contribution >= 0.6 is 0 Å². The number of piperidine rings is 1. The lowest BCUT2D eigenvalue weighted by Gasteiger charge is -2.38. The van der Waals surface area contributed by atoms with Gasteiger partial charge in [-0.3, -0.25) is 0 Å². The third-order valence-electron chi connectivity index (χ3n) is 7.37. The maximum Gasteiger partial charge on any atom is 0.416 e. The van der Waals surface area contributed by atoms with Crippen LogP contribution in [0.25, 0.3) is 0 Å². The first kappa shape index (κ1) is 27.1. The fourth-order valence-corrected chi connectivity index (χ4v) is 6.96. The van der Waals surface area contributed by atoms with E-state index < -0.39 is 21.8 Å². The maximum absolute atomic E-state index is 13.6. The van der Waals surface area contributed by atoms with Crippen LogP contribution in [0.2, 0.25) is 0 Å². The van der Waals surface area contributed by atoms with Gasteiger partial charge < -0.3 is 9.80 Å². The summed E-state index contributed by atoms with van der Waals surface area (Å²) in [4.78, 5) is 4.60. The van der Waals surface area contributed by atoms with Crippen molar-refractivity contribution in [2.24, 2.45) is 0 Å². The predicted octanol–water partition coefficient (Wildman–Crippen LogP) is 4.89. The Bertz CT molecular complexity index is 1050. The minimum absolute atomic E-state index is 0.0674. The molecule has 0 spiro atoms. The van der Waals surface area contributed by atoms with E-state index in [-0.39, 0.29) is 10.9 Å². The van der Waals surface area contributed by atoms with Crippen molar-refractivity contribution >= 4 is 10.0 Å². The average Bonchev–Trinajstić information content (AvgIpc) is 3.39. The van der Waals surface area contributed by atoms with Gasteiger partial charge >= 0.3 is 6.18 Å². The second-order valence-corrected chi connectivity index (χ2v) is 11.7. The molecule has 2 aromatic carbocycles. The first-order valence-corrected chi connectivity index (χ1v) is 14.4. The second-order valence-electron chi connectivity index (χ2n) is 9.85. The fourth-order valence-electron chi connectivity index (χ4n) is 5.28. The Morgan fingerprint density at radius 3 is 2.06 bits per heavy atom. The lowest BCUT2D eigenvalue weighted by atomic mass is 10.0. The van der Waals surface area contributed by atoms with Crippen LogP contribution in [-0.2, 0) is 22.6 Å². The van der Waals surface area contributed by atoms with Gasteiger partial charge in [-0.2, -0.15) is 17.5 Å². The van der Waals surface area contributed by atoms with Crippen molar-refractivity contribution in [3.8, 4) is 0 Å². The highest BCUT2D eigenvalue weighted by Crippen LogP contribution is 2.31. The minimum Gasteiger partial charge on any atom is -0.303 e. The summed E-state index contributed by atoms with van der Waals surface area (Å²) < 4.78 is 67.8. The van der Waals surface area contributed by atoms with E-state index in [2.05, 4.69) is 34.1 Å². The monoisotopic (exact) mass is 523 g/mol. The number of hydrogen-bond donors (Lipinski definition) is 0. The summed E-state index contributed by atoms with van der Waals surface area (Å²) in [7, 11) is -3.90. The molecule has 0 unspecified atom stereocenters. The summed E-state index contributed by atoms with van der Waals surface area (Å²) in [6.45, 7) is 5.56. The first-order valence-electron chi connectivity index (χ1n) is 12.9. The SMILES string of the molecule is O=S(=O)(c1ccc(C(F)(F)F)cc1)N(CCN1CCCC1)C1CCN(CCCc2ccccc2)CC1. The number of nitrogens with zero attached hydrogens (tertiary/aromatic N) is 3. The summed E-state index contributed by atoms with van der Waals surface area (Å²) in [6, 6.07) is 14.2. The Morgan fingerprint density at radius 2 is 1.44 bits per heavy atom. The summed E-state index contributed by atoms with van der Waals surface area (Å²) >= 11 is 0. The molecule has 0 bridgehead atoms. The van der Waals surface area contributed by atoms with Gasteiger partial charge in [0.1, 0.15) is 0 Å². The van der Waals surface area contributed by atoms with Crippen molar-refractivity contribution in [3.05, 3.63) is 65.7 Å². The Morgan fingerprint density at radius 1 is 0.833 bits per heavy atom. The van der Waals surface area contributed by atoms with E-state index >= 15 is 0 Å². The molecule has 36 heavy (non-hydrogen) atoms.